The zero-order valence-corrected chi connectivity index (χ0v) is 8.87. The Morgan fingerprint density at radius 2 is 2.31 bits per heavy atom. The quantitative estimate of drug-likeness (QED) is 0.814. The molecule has 0 bridgehead atoms. The summed E-state index contributed by atoms with van der Waals surface area (Å²) in [6, 6.07) is 0.379. The lowest BCUT2D eigenvalue weighted by atomic mass is 10.2. The van der Waals surface area contributed by atoms with Crippen molar-refractivity contribution in [2.75, 3.05) is 6.54 Å². The fraction of sp³-hybridized carbons (Fsp3) is 0.364. The first-order valence-corrected chi connectivity index (χ1v) is 5.47. The fourth-order valence-electron chi connectivity index (χ4n) is 1.98. The Balaban J connectivity index is 1.84. The van der Waals surface area contributed by atoms with Crippen molar-refractivity contribution in [2.45, 2.75) is 18.9 Å². The summed E-state index contributed by atoms with van der Waals surface area (Å²) in [6.45, 7) is 1.08. The molecule has 0 amide bonds. The molecule has 1 N–H and O–H groups in total. The normalized spacial score (nSPS) is 20.1. The highest BCUT2D eigenvalue weighted by Gasteiger charge is 2.17. The second-order valence-electron chi connectivity index (χ2n) is 3.92. The predicted molar refractivity (Wildman–Crippen MR) is 59.1 cm³/mol. The van der Waals surface area contributed by atoms with Gasteiger partial charge >= 0.3 is 0 Å². The van der Waals surface area contributed by atoms with Crippen LogP contribution in [0.1, 0.15) is 24.6 Å². The molecule has 2 aromatic heterocycles. The number of hydrogen-bond acceptors (Lipinski definition) is 4. The van der Waals surface area contributed by atoms with E-state index in [1.807, 2.05) is 17.0 Å². The van der Waals surface area contributed by atoms with Crippen molar-refractivity contribution in [2.24, 2.45) is 0 Å². The SMILES string of the molecule is c1cn(-c2cnc([C@@H]3CCCN3)cn2)cn1. The van der Waals surface area contributed by atoms with E-state index < -0.39 is 0 Å². The van der Waals surface area contributed by atoms with Gasteiger partial charge in [0.1, 0.15) is 6.33 Å². The maximum absolute atomic E-state index is 4.44. The second-order valence-corrected chi connectivity index (χ2v) is 3.92. The van der Waals surface area contributed by atoms with Crippen molar-refractivity contribution < 1.29 is 0 Å². The Kier molecular flexibility index (Phi) is 2.38. The van der Waals surface area contributed by atoms with Crippen molar-refractivity contribution in [3.8, 4) is 5.82 Å². The molecule has 0 saturated carbocycles. The third-order valence-electron chi connectivity index (χ3n) is 2.84. The summed E-state index contributed by atoms with van der Waals surface area (Å²) in [4.78, 5) is 12.8. The highest BCUT2D eigenvalue weighted by atomic mass is 15.1. The first-order valence-electron chi connectivity index (χ1n) is 5.47. The van der Waals surface area contributed by atoms with Crippen LogP contribution in [0.5, 0.6) is 0 Å². The lowest BCUT2D eigenvalue weighted by molar-refractivity contribution is 0.623. The summed E-state index contributed by atoms with van der Waals surface area (Å²) < 4.78 is 1.85. The van der Waals surface area contributed by atoms with Crippen LogP contribution in [0, 0.1) is 0 Å². The van der Waals surface area contributed by atoms with Crippen LogP contribution in [0.15, 0.2) is 31.1 Å². The molecule has 1 aliphatic heterocycles. The topological polar surface area (TPSA) is 55.6 Å². The lowest BCUT2D eigenvalue weighted by Gasteiger charge is -2.09. The van der Waals surface area contributed by atoms with Gasteiger partial charge in [-0.3, -0.25) is 9.55 Å². The Morgan fingerprint density at radius 1 is 1.31 bits per heavy atom. The molecule has 3 rings (SSSR count). The van der Waals surface area contributed by atoms with Gasteiger partial charge in [-0.05, 0) is 19.4 Å². The molecule has 0 aliphatic carbocycles. The standard InChI is InChI=1S/C11H13N5/c1-2-9(13-3-1)10-6-15-11(7-14-10)16-5-4-12-8-16/h4-9,13H,1-3H2/t9-/m0/s1. The highest BCUT2D eigenvalue weighted by Crippen LogP contribution is 2.20. The van der Waals surface area contributed by atoms with Crippen molar-refractivity contribution in [1.82, 2.24) is 24.8 Å². The molecule has 1 atom stereocenters. The van der Waals surface area contributed by atoms with Gasteiger partial charge in [-0.2, -0.15) is 0 Å². The second kappa shape index (κ2) is 4.02. The Labute approximate surface area is 93.6 Å². The van der Waals surface area contributed by atoms with E-state index in [0.29, 0.717) is 6.04 Å². The van der Waals surface area contributed by atoms with Gasteiger partial charge in [-0.1, -0.05) is 0 Å². The first kappa shape index (κ1) is 9.47. The molecule has 3 heterocycles. The zero-order valence-electron chi connectivity index (χ0n) is 8.87. The van der Waals surface area contributed by atoms with Crippen LogP contribution in [0.4, 0.5) is 0 Å². The van der Waals surface area contributed by atoms with E-state index >= 15 is 0 Å². The van der Waals surface area contributed by atoms with E-state index in [-0.39, 0.29) is 0 Å². The van der Waals surface area contributed by atoms with E-state index in [0.717, 1.165) is 24.5 Å². The van der Waals surface area contributed by atoms with Gasteiger partial charge < -0.3 is 5.32 Å². The summed E-state index contributed by atoms with van der Waals surface area (Å²) in [6.07, 6.45) is 11.3. The van der Waals surface area contributed by atoms with Crippen LogP contribution in [0.25, 0.3) is 5.82 Å². The van der Waals surface area contributed by atoms with Crippen LogP contribution < -0.4 is 5.32 Å². The van der Waals surface area contributed by atoms with Crippen LogP contribution >= 0.6 is 0 Å². The molecule has 0 unspecified atom stereocenters. The Hall–Kier alpha value is -1.75. The van der Waals surface area contributed by atoms with Crippen LogP contribution in [0.2, 0.25) is 0 Å². The number of hydrogen-bond donors (Lipinski definition) is 1. The molecule has 2 aromatic rings. The van der Waals surface area contributed by atoms with Gasteiger partial charge in [0.05, 0.1) is 24.1 Å². The van der Waals surface area contributed by atoms with Crippen molar-refractivity contribution in [3.05, 3.63) is 36.8 Å². The molecular formula is C11H13N5. The molecule has 1 aliphatic rings. The van der Waals surface area contributed by atoms with Gasteiger partial charge in [0.15, 0.2) is 5.82 Å². The van der Waals surface area contributed by atoms with Crippen molar-refractivity contribution in [1.29, 1.82) is 0 Å². The van der Waals surface area contributed by atoms with E-state index in [1.54, 1.807) is 18.7 Å². The number of aromatic nitrogens is 4. The molecule has 0 spiro atoms. The minimum Gasteiger partial charge on any atom is -0.309 e. The predicted octanol–water partition coefficient (Wildman–Crippen LogP) is 1.09. The molecule has 1 fully saturated rings. The van der Waals surface area contributed by atoms with Gasteiger partial charge in [-0.25, -0.2) is 9.97 Å². The highest BCUT2D eigenvalue weighted by molar-refractivity contribution is 5.19. The third-order valence-corrected chi connectivity index (χ3v) is 2.84. The molecular weight excluding hydrogens is 202 g/mol. The monoisotopic (exact) mass is 215 g/mol. The number of nitrogens with one attached hydrogen (secondary N) is 1. The average molecular weight is 215 g/mol. The smallest absolute Gasteiger partial charge is 0.156 e. The van der Waals surface area contributed by atoms with Gasteiger partial charge in [0, 0.05) is 12.4 Å². The zero-order chi connectivity index (χ0) is 10.8. The van der Waals surface area contributed by atoms with Crippen molar-refractivity contribution >= 4 is 0 Å². The van der Waals surface area contributed by atoms with E-state index in [4.69, 9.17) is 0 Å². The number of rotatable bonds is 2. The van der Waals surface area contributed by atoms with Gasteiger partial charge in [-0.15, -0.1) is 0 Å². The minimum absolute atomic E-state index is 0.379. The average Bonchev–Trinajstić information content (AvgIpc) is 3.03. The molecule has 5 nitrogen and oxygen atoms in total. The maximum Gasteiger partial charge on any atom is 0.156 e. The maximum atomic E-state index is 4.44. The van der Waals surface area contributed by atoms with Gasteiger partial charge in [0.25, 0.3) is 0 Å². The third kappa shape index (κ3) is 1.69. The molecule has 0 aromatic carbocycles. The summed E-state index contributed by atoms with van der Waals surface area (Å²) in [5.41, 5.74) is 1.03. The molecule has 16 heavy (non-hydrogen) atoms. The number of imidazole rings is 1. The summed E-state index contributed by atoms with van der Waals surface area (Å²) >= 11 is 0. The molecule has 1 saturated heterocycles. The van der Waals surface area contributed by atoms with Gasteiger partial charge in [0.2, 0.25) is 0 Å². The summed E-state index contributed by atoms with van der Waals surface area (Å²) in [5.74, 6) is 0.805. The largest absolute Gasteiger partial charge is 0.309 e. The Bertz CT molecular complexity index is 442. The molecule has 5 heteroatoms. The Morgan fingerprint density at radius 3 is 2.94 bits per heavy atom. The summed E-state index contributed by atoms with van der Waals surface area (Å²) in [5, 5.41) is 3.41. The van der Waals surface area contributed by atoms with E-state index in [9.17, 15) is 0 Å². The summed E-state index contributed by atoms with van der Waals surface area (Å²) in [7, 11) is 0. The van der Waals surface area contributed by atoms with Crippen molar-refractivity contribution in [3.63, 3.8) is 0 Å². The van der Waals surface area contributed by atoms with E-state index in [2.05, 4.69) is 20.3 Å². The molecule has 82 valence electrons. The number of nitrogens with zero attached hydrogens (tertiary/aromatic N) is 4. The van der Waals surface area contributed by atoms with Crippen LogP contribution in [-0.4, -0.2) is 26.1 Å². The first-order chi connectivity index (χ1) is 7.93. The fourth-order valence-corrected chi connectivity index (χ4v) is 1.98. The van der Waals surface area contributed by atoms with Crippen LogP contribution in [0.3, 0.4) is 0 Å². The van der Waals surface area contributed by atoms with Crippen LogP contribution in [-0.2, 0) is 0 Å². The lowest BCUT2D eigenvalue weighted by Crippen LogP contribution is -2.14. The minimum atomic E-state index is 0.379. The van der Waals surface area contributed by atoms with E-state index in [1.165, 1.54) is 6.42 Å². The molecule has 0 radical (unpaired) electrons.